The van der Waals surface area contributed by atoms with Crippen LogP contribution in [0, 0.1) is 0 Å². The SMILES string of the molecule is CCCCCCCCCCCCCCCCCCOC[C@H](COP(=O)(O)O[C@@H]1[C@H](O)[C@H](O)[C@@H](O)[C@H](O)[C@H]1O[C@H]1O[C@H](CO)[C@@H](O)[C@H](O)[C@H]1NC(C)=O)OC. The molecule has 1 aliphatic carbocycles. The average molecular weight is 804 g/mol. The largest absolute Gasteiger partial charge is 0.472 e. The van der Waals surface area contributed by atoms with Crippen LogP contribution >= 0.6 is 7.82 Å². The smallest absolute Gasteiger partial charge is 0.394 e. The highest BCUT2D eigenvalue weighted by molar-refractivity contribution is 7.47. The fraction of sp³-hybridized carbons (Fsp3) is 0.972. The number of carbonyl (C=O) groups excluding carboxylic acids is 1. The second-order valence-electron chi connectivity index (χ2n) is 14.6. The van der Waals surface area contributed by atoms with E-state index in [0.29, 0.717) is 6.61 Å². The normalized spacial score (nSPS) is 31.9. The summed E-state index contributed by atoms with van der Waals surface area (Å²) in [5, 5.41) is 75.0. The number of rotatable bonds is 29. The predicted octanol–water partition coefficient (Wildman–Crippen LogP) is 1.57. The number of hydrogen-bond acceptors (Lipinski definition) is 15. The lowest BCUT2D eigenvalue weighted by molar-refractivity contribution is -0.317. The molecule has 0 bridgehead atoms. The van der Waals surface area contributed by atoms with Gasteiger partial charge in [-0.2, -0.15) is 0 Å². The van der Waals surface area contributed by atoms with E-state index < -0.39 is 100 Å². The molecule has 320 valence electrons. The first-order valence-electron chi connectivity index (χ1n) is 19.8. The molecule has 1 saturated carbocycles. The van der Waals surface area contributed by atoms with Gasteiger partial charge in [-0.1, -0.05) is 103 Å². The fourth-order valence-corrected chi connectivity index (χ4v) is 7.68. The first-order valence-corrected chi connectivity index (χ1v) is 21.3. The number of unbranched alkanes of at least 4 members (excludes halogenated alkanes) is 15. The van der Waals surface area contributed by atoms with Gasteiger partial charge in [-0.05, 0) is 6.42 Å². The second kappa shape index (κ2) is 26.9. The van der Waals surface area contributed by atoms with Gasteiger partial charge in [0.15, 0.2) is 6.29 Å². The van der Waals surface area contributed by atoms with Crippen LogP contribution in [0.3, 0.4) is 0 Å². The van der Waals surface area contributed by atoms with E-state index in [4.69, 9.17) is 28.0 Å². The molecule has 0 spiro atoms. The lowest BCUT2D eigenvalue weighted by Crippen LogP contribution is -2.69. The lowest BCUT2D eigenvalue weighted by Gasteiger charge is -2.48. The van der Waals surface area contributed by atoms with E-state index in [2.05, 4.69) is 12.2 Å². The molecule has 17 nitrogen and oxygen atoms in total. The van der Waals surface area contributed by atoms with Crippen LogP contribution in [0.4, 0.5) is 0 Å². The third kappa shape index (κ3) is 17.3. The Morgan fingerprint density at radius 1 is 0.722 bits per heavy atom. The van der Waals surface area contributed by atoms with Crippen LogP contribution in [-0.2, 0) is 37.4 Å². The van der Waals surface area contributed by atoms with Crippen molar-refractivity contribution in [3.05, 3.63) is 0 Å². The first kappa shape index (κ1) is 49.3. The summed E-state index contributed by atoms with van der Waals surface area (Å²) >= 11 is 0. The summed E-state index contributed by atoms with van der Waals surface area (Å²) in [6.07, 6.45) is 0.431. The van der Waals surface area contributed by atoms with Gasteiger partial charge in [0, 0.05) is 20.6 Å². The topological polar surface area (TPSA) is 263 Å². The third-order valence-electron chi connectivity index (χ3n) is 10.0. The Morgan fingerprint density at radius 2 is 1.22 bits per heavy atom. The molecule has 0 aromatic heterocycles. The van der Waals surface area contributed by atoms with E-state index in [-0.39, 0.29) is 6.61 Å². The number of carbonyl (C=O) groups is 1. The molecule has 0 aromatic rings. The molecule has 2 aliphatic rings. The number of phosphoric acid groups is 1. The fourth-order valence-electron chi connectivity index (χ4n) is 6.72. The molecule has 2 rings (SSSR count). The monoisotopic (exact) mass is 803 g/mol. The summed E-state index contributed by atoms with van der Waals surface area (Å²) in [6.45, 7) is 2.56. The van der Waals surface area contributed by atoms with Gasteiger partial charge in [0.1, 0.15) is 67.1 Å². The van der Waals surface area contributed by atoms with E-state index in [1.165, 1.54) is 90.6 Å². The zero-order valence-electron chi connectivity index (χ0n) is 32.4. The first-order chi connectivity index (χ1) is 25.8. The van der Waals surface area contributed by atoms with Crippen molar-refractivity contribution in [2.24, 2.45) is 0 Å². The van der Waals surface area contributed by atoms with Gasteiger partial charge in [0.25, 0.3) is 0 Å². The Balaban J connectivity index is 1.77. The van der Waals surface area contributed by atoms with Crippen molar-refractivity contribution in [1.29, 1.82) is 0 Å². The predicted molar refractivity (Wildman–Crippen MR) is 196 cm³/mol. The van der Waals surface area contributed by atoms with Crippen LogP contribution in [0.15, 0.2) is 0 Å². The highest BCUT2D eigenvalue weighted by Gasteiger charge is 2.55. The van der Waals surface area contributed by atoms with Gasteiger partial charge in [-0.15, -0.1) is 0 Å². The summed E-state index contributed by atoms with van der Waals surface area (Å²) in [4.78, 5) is 22.4. The summed E-state index contributed by atoms with van der Waals surface area (Å²) < 4.78 is 45.5. The van der Waals surface area contributed by atoms with E-state index in [0.717, 1.165) is 26.2 Å². The van der Waals surface area contributed by atoms with E-state index in [9.17, 15) is 50.0 Å². The van der Waals surface area contributed by atoms with Crippen molar-refractivity contribution in [1.82, 2.24) is 5.32 Å². The van der Waals surface area contributed by atoms with E-state index in [1.54, 1.807) is 0 Å². The van der Waals surface area contributed by atoms with Crippen molar-refractivity contribution in [3.63, 3.8) is 0 Å². The number of methoxy groups -OCH3 is 1. The molecule has 13 atom stereocenters. The van der Waals surface area contributed by atoms with Crippen molar-refractivity contribution < 1.29 is 78.0 Å². The number of nitrogens with one attached hydrogen (secondary N) is 1. The van der Waals surface area contributed by atoms with Crippen molar-refractivity contribution >= 4 is 13.7 Å². The number of ether oxygens (including phenoxy) is 4. The van der Waals surface area contributed by atoms with Crippen LogP contribution in [0.25, 0.3) is 0 Å². The molecule has 1 amide bonds. The van der Waals surface area contributed by atoms with Crippen molar-refractivity contribution in [2.75, 3.05) is 33.5 Å². The Morgan fingerprint density at radius 3 is 1.70 bits per heavy atom. The zero-order valence-corrected chi connectivity index (χ0v) is 33.3. The molecular weight excluding hydrogens is 733 g/mol. The molecule has 0 radical (unpaired) electrons. The van der Waals surface area contributed by atoms with Crippen LogP contribution in [0.1, 0.15) is 117 Å². The number of amides is 1. The maximum Gasteiger partial charge on any atom is 0.472 e. The quantitative estimate of drug-likeness (QED) is 0.0384. The number of hydrogen-bond donors (Lipinski definition) is 9. The van der Waals surface area contributed by atoms with E-state index in [1.807, 2.05) is 0 Å². The number of aliphatic hydroxyl groups excluding tert-OH is 7. The van der Waals surface area contributed by atoms with Crippen LogP contribution in [0.5, 0.6) is 0 Å². The summed E-state index contributed by atoms with van der Waals surface area (Å²) in [5.41, 5.74) is 0. The molecule has 1 heterocycles. The van der Waals surface area contributed by atoms with E-state index >= 15 is 0 Å². The van der Waals surface area contributed by atoms with Crippen LogP contribution in [-0.4, -0.2) is 153 Å². The molecule has 9 N–H and O–H groups in total. The van der Waals surface area contributed by atoms with Crippen LogP contribution < -0.4 is 5.32 Å². The lowest BCUT2D eigenvalue weighted by atomic mass is 9.84. The molecule has 18 heteroatoms. The van der Waals surface area contributed by atoms with Crippen molar-refractivity contribution in [2.45, 2.75) is 190 Å². The van der Waals surface area contributed by atoms with Gasteiger partial charge in [-0.3, -0.25) is 13.8 Å². The van der Waals surface area contributed by atoms with Gasteiger partial charge < -0.3 is 64.9 Å². The third-order valence-corrected chi connectivity index (χ3v) is 11.0. The highest BCUT2D eigenvalue weighted by atomic mass is 31.2. The molecule has 1 saturated heterocycles. The molecule has 0 aromatic carbocycles. The molecule has 1 unspecified atom stereocenters. The minimum atomic E-state index is -5.10. The van der Waals surface area contributed by atoms with Crippen molar-refractivity contribution in [3.8, 4) is 0 Å². The molecule has 54 heavy (non-hydrogen) atoms. The minimum Gasteiger partial charge on any atom is -0.394 e. The second-order valence-corrected chi connectivity index (χ2v) is 16.0. The van der Waals surface area contributed by atoms with Gasteiger partial charge in [0.05, 0.1) is 19.8 Å². The zero-order chi connectivity index (χ0) is 40.1. The van der Waals surface area contributed by atoms with Gasteiger partial charge >= 0.3 is 7.82 Å². The van der Waals surface area contributed by atoms with Gasteiger partial charge in [-0.25, -0.2) is 4.57 Å². The summed E-state index contributed by atoms with van der Waals surface area (Å²) in [7, 11) is -3.74. The maximum atomic E-state index is 13.1. The average Bonchev–Trinajstić information content (AvgIpc) is 3.14. The summed E-state index contributed by atoms with van der Waals surface area (Å²) in [5.74, 6) is -0.687. The Labute approximate surface area is 320 Å². The number of phosphoric ester groups is 1. The Kier molecular flexibility index (Phi) is 24.6. The Hall–Kier alpha value is -0.860. The standard InChI is InChI=1S/C36H70NO16P/c1-4-5-6-7-8-9-10-11-12-13-14-15-16-17-18-19-20-49-22-25(48-3)23-50-54(46,47)53-35-33(45)31(43)30(42)32(44)34(35)52-36-27(37-24(2)39)29(41)28(40)26(21-38)51-36/h25-36,38,40-45H,4-23H2,1-3H3,(H,37,39)(H,46,47)/t25-,26-,27-,28-,29-,30-,31-,32+,33-,34-,35-,36-/m1/s1. The minimum absolute atomic E-state index is 0.0421. The Bertz CT molecular complexity index is 1050. The highest BCUT2D eigenvalue weighted by Crippen LogP contribution is 2.48. The maximum absolute atomic E-state index is 13.1. The summed E-state index contributed by atoms with van der Waals surface area (Å²) in [6, 6.07) is -1.51. The molecule has 2 fully saturated rings. The molecule has 1 aliphatic heterocycles. The van der Waals surface area contributed by atoms with Crippen LogP contribution in [0.2, 0.25) is 0 Å². The van der Waals surface area contributed by atoms with Gasteiger partial charge in [0.2, 0.25) is 5.91 Å². The molecular formula is C36H70NO16P. The number of aliphatic hydroxyl groups is 7.